The highest BCUT2D eigenvalue weighted by atomic mass is 35.5. The molecule has 0 radical (unpaired) electrons. The van der Waals surface area contributed by atoms with Gasteiger partial charge in [0, 0.05) is 26.7 Å². The molecule has 0 aliphatic heterocycles. The minimum atomic E-state index is -5.05. The summed E-state index contributed by atoms with van der Waals surface area (Å²) in [6, 6.07) is 11.0. The van der Waals surface area contributed by atoms with Crippen molar-refractivity contribution in [2.45, 2.75) is 12.4 Å². The van der Waals surface area contributed by atoms with E-state index in [4.69, 9.17) is 23.2 Å². The van der Waals surface area contributed by atoms with Crippen LogP contribution in [0.5, 0.6) is 0 Å². The Bertz CT molecular complexity index is 1420. The molecule has 0 fully saturated rings. The fourth-order valence-electron chi connectivity index (χ4n) is 3.34. The zero-order chi connectivity index (χ0) is 28.3. The van der Waals surface area contributed by atoms with Gasteiger partial charge in [-0.15, -0.1) is 0 Å². The minimum Gasteiger partial charge on any atom is -0.345 e. The molecule has 3 amide bonds. The first-order valence-corrected chi connectivity index (χ1v) is 11.2. The number of alkyl halides is 6. The number of benzene rings is 3. The summed E-state index contributed by atoms with van der Waals surface area (Å²) < 4.78 is 78.0. The van der Waals surface area contributed by atoms with Crippen molar-refractivity contribution in [3.8, 4) is 0 Å². The summed E-state index contributed by atoms with van der Waals surface area (Å²) in [5.41, 5.74) is -2.42. The van der Waals surface area contributed by atoms with Crippen molar-refractivity contribution in [2.24, 2.45) is 4.99 Å². The highest BCUT2D eigenvalue weighted by Gasteiger charge is 2.38. The maximum atomic E-state index is 13.8. The minimum absolute atomic E-state index is 0.0704. The van der Waals surface area contributed by atoms with Gasteiger partial charge in [-0.1, -0.05) is 47.5 Å². The summed E-state index contributed by atoms with van der Waals surface area (Å²) in [5, 5.41) is 3.73. The van der Waals surface area contributed by atoms with E-state index in [-0.39, 0.29) is 31.9 Å². The van der Waals surface area contributed by atoms with Gasteiger partial charge in [0.15, 0.2) is 5.71 Å². The van der Waals surface area contributed by atoms with E-state index in [9.17, 15) is 40.7 Å². The first kappa shape index (κ1) is 28.9. The second kappa shape index (κ2) is 11.4. The molecule has 0 aliphatic carbocycles. The van der Waals surface area contributed by atoms with Crippen LogP contribution in [-0.2, 0) is 4.79 Å². The monoisotopic (exact) mass is 577 g/mol. The lowest BCUT2D eigenvalue weighted by molar-refractivity contribution is -0.137. The number of fused-ring (bicyclic) bond motifs is 1. The van der Waals surface area contributed by atoms with E-state index < -0.39 is 54.4 Å². The van der Waals surface area contributed by atoms with Crippen LogP contribution in [0.4, 0.5) is 26.3 Å². The highest BCUT2D eigenvalue weighted by molar-refractivity contribution is 6.35. The van der Waals surface area contributed by atoms with Crippen molar-refractivity contribution in [2.75, 3.05) is 13.1 Å². The van der Waals surface area contributed by atoms with Crippen molar-refractivity contribution in [1.82, 2.24) is 10.6 Å². The predicted octanol–water partition coefficient (Wildman–Crippen LogP) is 5.75. The highest BCUT2D eigenvalue weighted by Crippen LogP contribution is 2.29. The molecule has 3 rings (SSSR count). The van der Waals surface area contributed by atoms with Gasteiger partial charge in [0.1, 0.15) is 6.54 Å². The Hall–Kier alpha value is -3.64. The van der Waals surface area contributed by atoms with Gasteiger partial charge in [-0.05, 0) is 41.1 Å². The maximum Gasteiger partial charge on any atom is 0.434 e. The summed E-state index contributed by atoms with van der Waals surface area (Å²) in [6.45, 7) is -2.35. The number of hydrogen-bond donors (Lipinski definition) is 2. The topological polar surface area (TPSA) is 87.6 Å². The normalized spacial score (nSPS) is 12.4. The smallest absolute Gasteiger partial charge is 0.345 e. The summed E-state index contributed by atoms with van der Waals surface area (Å²) in [7, 11) is 0. The van der Waals surface area contributed by atoms with Crippen LogP contribution in [-0.4, -0.2) is 48.9 Å². The molecule has 0 aliphatic rings. The number of amides is 3. The second-order valence-corrected chi connectivity index (χ2v) is 8.58. The second-order valence-electron chi connectivity index (χ2n) is 7.70. The molecule has 38 heavy (non-hydrogen) atoms. The van der Waals surface area contributed by atoms with E-state index in [0.29, 0.717) is 0 Å². The van der Waals surface area contributed by atoms with Crippen LogP contribution in [0.15, 0.2) is 59.6 Å². The van der Waals surface area contributed by atoms with Crippen molar-refractivity contribution in [3.63, 3.8) is 0 Å². The summed E-state index contributed by atoms with van der Waals surface area (Å²) in [6.07, 6.45) is -9.68. The molecule has 0 unspecified atom stereocenters. The molecule has 0 atom stereocenters. The number of aliphatic imine (C=N–C) groups is 1. The quantitative estimate of drug-likeness (QED) is 0.289. The Morgan fingerprint density at radius 1 is 0.789 bits per heavy atom. The zero-order valence-electron chi connectivity index (χ0n) is 18.8. The molecule has 0 saturated heterocycles. The molecule has 3 aromatic carbocycles. The van der Waals surface area contributed by atoms with E-state index in [1.54, 1.807) is 5.32 Å². The molecular weight excluding hydrogens is 563 g/mol. The first-order valence-electron chi connectivity index (χ1n) is 10.5. The molecule has 0 bridgehead atoms. The number of rotatable bonds is 6. The third kappa shape index (κ3) is 7.45. The Morgan fingerprint density at radius 2 is 1.34 bits per heavy atom. The van der Waals surface area contributed by atoms with Crippen molar-refractivity contribution in [1.29, 1.82) is 0 Å². The van der Waals surface area contributed by atoms with E-state index in [1.165, 1.54) is 30.3 Å². The van der Waals surface area contributed by atoms with Crippen LogP contribution in [0.1, 0.15) is 26.3 Å². The number of nitrogens with zero attached hydrogens (tertiary/aromatic N) is 1. The van der Waals surface area contributed by atoms with Crippen LogP contribution >= 0.6 is 23.2 Å². The Morgan fingerprint density at radius 3 is 1.89 bits per heavy atom. The molecule has 6 nitrogen and oxygen atoms in total. The number of carbonyl (C=O) groups is 3. The third-order valence-corrected chi connectivity index (χ3v) is 5.35. The molecule has 0 saturated carbocycles. The fraction of sp³-hybridized carbons (Fsp3) is 0.167. The molecule has 0 spiro atoms. The Labute approximate surface area is 220 Å². The van der Waals surface area contributed by atoms with Gasteiger partial charge in [-0.3, -0.25) is 14.4 Å². The SMILES string of the molecule is O=C(CNC(=O)c1ccc(C(=O)N=C(c2cc(Cl)cc(Cl)c2)C(F)(F)F)c2ccccc12)NCC(F)(F)F. The number of carbonyl (C=O) groups excluding carboxylic acids is 3. The average Bonchev–Trinajstić information content (AvgIpc) is 2.81. The lowest BCUT2D eigenvalue weighted by Gasteiger charge is -2.13. The Kier molecular flexibility index (Phi) is 8.68. The van der Waals surface area contributed by atoms with Crippen LogP contribution in [0, 0.1) is 0 Å². The summed E-state index contributed by atoms with van der Waals surface area (Å²) in [4.78, 5) is 40.4. The fourth-order valence-corrected chi connectivity index (χ4v) is 3.87. The van der Waals surface area contributed by atoms with Gasteiger partial charge in [0.2, 0.25) is 5.91 Å². The molecule has 0 aromatic heterocycles. The van der Waals surface area contributed by atoms with Gasteiger partial charge in [0.05, 0.1) is 6.54 Å². The van der Waals surface area contributed by atoms with Gasteiger partial charge < -0.3 is 10.6 Å². The van der Waals surface area contributed by atoms with Crippen LogP contribution in [0.3, 0.4) is 0 Å². The van der Waals surface area contributed by atoms with Gasteiger partial charge in [0.25, 0.3) is 11.8 Å². The van der Waals surface area contributed by atoms with Crippen molar-refractivity contribution < 1.29 is 40.7 Å². The Balaban J connectivity index is 1.94. The average molecular weight is 578 g/mol. The van der Waals surface area contributed by atoms with Gasteiger partial charge >= 0.3 is 12.4 Å². The zero-order valence-corrected chi connectivity index (χ0v) is 20.3. The van der Waals surface area contributed by atoms with E-state index >= 15 is 0 Å². The van der Waals surface area contributed by atoms with Crippen LogP contribution in [0.25, 0.3) is 10.8 Å². The van der Waals surface area contributed by atoms with E-state index in [1.807, 2.05) is 0 Å². The third-order valence-electron chi connectivity index (χ3n) is 4.91. The summed E-state index contributed by atoms with van der Waals surface area (Å²) in [5.74, 6) is -3.24. The standard InChI is InChI=1S/C24H15Cl2F6N3O3/c25-13-7-12(8-14(26)9-13)20(24(30,31)32)35-22(38)18-6-5-17(15-3-1-2-4-16(15)18)21(37)33-10-19(36)34-11-23(27,28)29/h1-9H,10-11H2,(H,33,37)(H,34,36). The largest absolute Gasteiger partial charge is 0.434 e. The first-order chi connectivity index (χ1) is 17.7. The van der Waals surface area contributed by atoms with E-state index in [2.05, 4.69) is 10.3 Å². The van der Waals surface area contributed by atoms with Crippen molar-refractivity contribution in [3.05, 3.63) is 81.3 Å². The van der Waals surface area contributed by atoms with Gasteiger partial charge in [-0.2, -0.15) is 26.3 Å². The molecular formula is C24H15Cl2F6N3O3. The summed E-state index contributed by atoms with van der Waals surface area (Å²) >= 11 is 11.6. The molecule has 2 N–H and O–H groups in total. The van der Waals surface area contributed by atoms with Crippen molar-refractivity contribution >= 4 is 57.4 Å². The lowest BCUT2D eigenvalue weighted by atomic mass is 9.98. The van der Waals surface area contributed by atoms with E-state index in [0.717, 1.165) is 24.3 Å². The maximum absolute atomic E-state index is 13.8. The van der Waals surface area contributed by atoms with Crippen LogP contribution < -0.4 is 10.6 Å². The number of nitrogens with one attached hydrogen (secondary N) is 2. The van der Waals surface area contributed by atoms with Gasteiger partial charge in [-0.25, -0.2) is 4.99 Å². The lowest BCUT2D eigenvalue weighted by Crippen LogP contribution is -2.40. The molecule has 0 heterocycles. The molecule has 200 valence electrons. The van der Waals surface area contributed by atoms with Crippen LogP contribution in [0.2, 0.25) is 10.0 Å². The number of halogens is 8. The molecule has 14 heteroatoms. The predicted molar refractivity (Wildman–Crippen MR) is 129 cm³/mol. The molecule has 3 aromatic rings. The number of hydrogen-bond acceptors (Lipinski definition) is 3.